The molecule has 3 heterocycles. The molecule has 0 spiro atoms. The molecule has 1 N–H and O–H groups in total. The van der Waals surface area contributed by atoms with E-state index in [4.69, 9.17) is 23.2 Å². The first-order valence-electron chi connectivity index (χ1n) is 14.5. The number of hydrogen-bond donors (Lipinski definition) is 1. The monoisotopic (exact) mass is 656 g/mol. The summed E-state index contributed by atoms with van der Waals surface area (Å²) in [6, 6.07) is 22.7. The fourth-order valence-corrected chi connectivity index (χ4v) is 8.22. The van der Waals surface area contributed by atoms with E-state index in [1.807, 2.05) is 12.1 Å². The standard InChI is InChI=1S/C34H23Cl2FN4O5/c35-33-18-26-24(16-17-38-31(45)40(32(46)41(26)38)21-7-2-1-3-8-21)27(25-15-10-19-6-4-5-9-23(19)28(25)42)34(33,36)30(44)39(29(33)43)22-13-11-20(37)12-14-22/h1-16,26-27,42H,17-18H2. The van der Waals surface area contributed by atoms with Gasteiger partial charge in [0.2, 0.25) is 0 Å². The van der Waals surface area contributed by atoms with Crippen LogP contribution < -0.4 is 16.3 Å². The molecule has 3 aliphatic rings. The number of para-hydroxylation sites is 1. The highest BCUT2D eigenvalue weighted by Gasteiger charge is 2.76. The number of anilines is 1. The Morgan fingerprint density at radius 2 is 1.48 bits per heavy atom. The van der Waals surface area contributed by atoms with Crippen molar-refractivity contribution in [3.8, 4) is 11.4 Å². The van der Waals surface area contributed by atoms with Gasteiger partial charge in [-0.2, -0.15) is 0 Å². The Morgan fingerprint density at radius 1 is 0.783 bits per heavy atom. The van der Waals surface area contributed by atoms with Gasteiger partial charge in [-0.1, -0.05) is 60.7 Å². The minimum atomic E-state index is -2.18. The normalized spacial score (nSPS) is 25.3. The van der Waals surface area contributed by atoms with Crippen LogP contribution in [0.25, 0.3) is 16.5 Å². The average molecular weight is 657 g/mol. The zero-order valence-electron chi connectivity index (χ0n) is 23.8. The number of allylic oxidation sites excluding steroid dienone is 2. The number of fused-ring (bicyclic) bond motifs is 5. The lowest BCUT2D eigenvalue weighted by atomic mass is 9.64. The molecule has 12 heteroatoms. The second-order valence-corrected chi connectivity index (χ2v) is 12.9. The van der Waals surface area contributed by atoms with Crippen LogP contribution in [0.15, 0.2) is 112 Å². The number of nitrogens with zero attached hydrogens (tertiary/aromatic N) is 4. The molecule has 5 aromatic rings. The molecule has 4 aromatic carbocycles. The summed E-state index contributed by atoms with van der Waals surface area (Å²) in [6.45, 7) is -0.0450. The summed E-state index contributed by atoms with van der Waals surface area (Å²) < 4.78 is 17.4. The Kier molecular flexibility index (Phi) is 6.07. The first-order chi connectivity index (χ1) is 22.1. The summed E-state index contributed by atoms with van der Waals surface area (Å²) >= 11 is 14.8. The molecule has 0 bridgehead atoms. The van der Waals surface area contributed by atoms with E-state index >= 15 is 0 Å². The molecular formula is C34H23Cl2FN4O5. The van der Waals surface area contributed by atoms with E-state index in [0.29, 0.717) is 16.6 Å². The highest BCUT2D eigenvalue weighted by molar-refractivity contribution is 6.58. The number of carbonyl (C=O) groups is 2. The molecule has 8 rings (SSSR count). The van der Waals surface area contributed by atoms with E-state index in [9.17, 15) is 28.7 Å². The SMILES string of the molecule is O=C1N(c2ccc(F)cc2)C(=O)C2(Cl)C(c3ccc4ccccc4c3O)C3=CCn4c(=O)n(-c5ccccc5)c(=O)n4C3CC12Cl. The van der Waals surface area contributed by atoms with Crippen LogP contribution in [0.3, 0.4) is 0 Å². The van der Waals surface area contributed by atoms with E-state index in [-0.39, 0.29) is 30.0 Å². The number of imide groups is 1. The van der Waals surface area contributed by atoms with Crippen molar-refractivity contribution >= 4 is 51.5 Å². The van der Waals surface area contributed by atoms with E-state index in [2.05, 4.69) is 0 Å². The molecule has 2 aliphatic heterocycles. The first-order valence-corrected chi connectivity index (χ1v) is 15.3. The van der Waals surface area contributed by atoms with Gasteiger partial charge in [0.1, 0.15) is 11.6 Å². The lowest BCUT2D eigenvalue weighted by Gasteiger charge is -2.49. The maximum atomic E-state index is 14.5. The molecule has 2 fully saturated rings. The van der Waals surface area contributed by atoms with E-state index in [0.717, 1.165) is 27.0 Å². The van der Waals surface area contributed by atoms with Gasteiger partial charge in [-0.25, -0.2) is 32.8 Å². The van der Waals surface area contributed by atoms with Gasteiger partial charge in [-0.3, -0.25) is 9.59 Å². The summed E-state index contributed by atoms with van der Waals surface area (Å²) in [5, 5.41) is 12.9. The van der Waals surface area contributed by atoms with Crippen molar-refractivity contribution in [3.05, 3.63) is 135 Å². The Morgan fingerprint density at radius 3 is 2.22 bits per heavy atom. The summed E-state index contributed by atoms with van der Waals surface area (Å²) in [4.78, 5) is 53.1. The number of phenolic OH excluding ortho intramolecular Hbond substituents is 1. The van der Waals surface area contributed by atoms with Gasteiger partial charge >= 0.3 is 11.4 Å². The first kappa shape index (κ1) is 28.5. The molecule has 1 saturated carbocycles. The van der Waals surface area contributed by atoms with Gasteiger partial charge in [-0.15, -0.1) is 23.2 Å². The highest BCUT2D eigenvalue weighted by Crippen LogP contribution is 2.64. The third kappa shape index (κ3) is 3.56. The zero-order chi connectivity index (χ0) is 32.1. The smallest absolute Gasteiger partial charge is 0.352 e. The van der Waals surface area contributed by atoms with Crippen molar-refractivity contribution in [1.29, 1.82) is 0 Å². The topological polar surface area (TPSA) is 107 Å². The number of hydrogen-bond acceptors (Lipinski definition) is 5. The van der Waals surface area contributed by atoms with E-state index < -0.39 is 50.7 Å². The molecular weight excluding hydrogens is 634 g/mol. The Bertz CT molecular complexity index is 2280. The average Bonchev–Trinajstić information content (AvgIpc) is 3.40. The number of carbonyl (C=O) groups excluding carboxylic acids is 2. The maximum Gasteiger partial charge on any atom is 0.352 e. The van der Waals surface area contributed by atoms with Crippen LogP contribution in [0, 0.1) is 5.82 Å². The third-order valence-corrected chi connectivity index (χ3v) is 10.8. The number of amides is 2. The fourth-order valence-electron chi connectivity index (χ4n) is 7.31. The predicted octanol–water partition coefficient (Wildman–Crippen LogP) is 5.00. The highest BCUT2D eigenvalue weighted by atomic mass is 35.5. The molecule has 230 valence electrons. The van der Waals surface area contributed by atoms with Crippen LogP contribution in [0.1, 0.15) is 23.9 Å². The molecule has 1 aromatic heterocycles. The molecule has 1 saturated heterocycles. The van der Waals surface area contributed by atoms with Crippen LogP contribution in [0.4, 0.5) is 10.1 Å². The number of aromatic nitrogens is 3. The van der Waals surface area contributed by atoms with Gasteiger partial charge in [0.05, 0.1) is 24.0 Å². The van der Waals surface area contributed by atoms with Crippen LogP contribution in [0.2, 0.25) is 0 Å². The van der Waals surface area contributed by atoms with Crippen LogP contribution in [0.5, 0.6) is 5.75 Å². The number of phenols is 1. The number of halogens is 3. The number of rotatable bonds is 3. The molecule has 2 amide bonds. The molecule has 0 radical (unpaired) electrons. The third-order valence-electron chi connectivity index (χ3n) is 9.42. The van der Waals surface area contributed by atoms with Gasteiger partial charge < -0.3 is 5.11 Å². The molecule has 4 unspecified atom stereocenters. The van der Waals surface area contributed by atoms with Gasteiger partial charge in [-0.05, 0) is 47.4 Å². The van der Waals surface area contributed by atoms with Crippen LogP contribution in [-0.4, -0.2) is 40.6 Å². The second kappa shape index (κ2) is 9.78. The largest absolute Gasteiger partial charge is 0.507 e. The molecule has 46 heavy (non-hydrogen) atoms. The predicted molar refractivity (Wildman–Crippen MR) is 170 cm³/mol. The Hall–Kier alpha value is -4.93. The Balaban J connectivity index is 1.39. The van der Waals surface area contributed by atoms with Crippen molar-refractivity contribution in [2.75, 3.05) is 4.90 Å². The zero-order valence-corrected chi connectivity index (χ0v) is 25.3. The van der Waals surface area contributed by atoms with E-state index in [1.54, 1.807) is 60.7 Å². The van der Waals surface area contributed by atoms with Gasteiger partial charge in [0, 0.05) is 23.3 Å². The molecule has 1 aliphatic carbocycles. The number of benzene rings is 4. The number of alkyl halides is 2. The Labute approximate surface area is 269 Å². The van der Waals surface area contributed by atoms with Gasteiger partial charge in [0.15, 0.2) is 9.75 Å². The summed E-state index contributed by atoms with van der Waals surface area (Å²) in [6.07, 6.45) is 1.38. The summed E-state index contributed by atoms with van der Waals surface area (Å²) in [5.41, 5.74) is -0.162. The lowest BCUT2D eigenvalue weighted by molar-refractivity contribution is -0.122. The summed E-state index contributed by atoms with van der Waals surface area (Å²) in [5.74, 6) is -3.67. The minimum absolute atomic E-state index is 0.0450. The van der Waals surface area contributed by atoms with Crippen molar-refractivity contribution in [1.82, 2.24) is 13.9 Å². The van der Waals surface area contributed by atoms with Crippen molar-refractivity contribution in [2.45, 2.75) is 34.7 Å². The van der Waals surface area contributed by atoms with Crippen molar-refractivity contribution < 1.29 is 19.1 Å². The lowest BCUT2D eigenvalue weighted by Crippen LogP contribution is -2.59. The minimum Gasteiger partial charge on any atom is -0.507 e. The second-order valence-electron chi connectivity index (χ2n) is 11.7. The van der Waals surface area contributed by atoms with Crippen molar-refractivity contribution in [3.63, 3.8) is 0 Å². The maximum absolute atomic E-state index is 14.5. The summed E-state index contributed by atoms with van der Waals surface area (Å²) in [7, 11) is 0. The number of aromatic hydroxyl groups is 1. The van der Waals surface area contributed by atoms with E-state index in [1.165, 1.54) is 21.5 Å². The van der Waals surface area contributed by atoms with Gasteiger partial charge in [0.25, 0.3) is 11.8 Å². The van der Waals surface area contributed by atoms with Crippen molar-refractivity contribution in [2.24, 2.45) is 0 Å². The molecule has 9 nitrogen and oxygen atoms in total. The quantitative estimate of drug-likeness (QED) is 0.167. The fraction of sp³-hybridized carbons (Fsp3) is 0.176. The van der Waals surface area contributed by atoms with Crippen LogP contribution in [-0.2, 0) is 16.1 Å². The van der Waals surface area contributed by atoms with Crippen LogP contribution >= 0.6 is 23.2 Å². The molecule has 4 atom stereocenters.